The van der Waals surface area contributed by atoms with Crippen LogP contribution in [0.4, 0.5) is 5.82 Å². The zero-order chi connectivity index (χ0) is 14.9. The predicted molar refractivity (Wildman–Crippen MR) is 80.8 cm³/mol. The average molecular weight is 293 g/mol. The summed E-state index contributed by atoms with van der Waals surface area (Å²) in [5.41, 5.74) is 1.84. The van der Waals surface area contributed by atoms with Crippen molar-refractivity contribution in [2.75, 3.05) is 18.2 Å². The number of pyridine rings is 1. The highest BCUT2D eigenvalue weighted by atomic mass is 16.7. The molecule has 5 nitrogen and oxygen atoms in total. The Labute approximate surface area is 128 Å². The van der Waals surface area contributed by atoms with Gasteiger partial charge in [0.15, 0.2) is 11.5 Å². The quantitative estimate of drug-likeness (QED) is 0.852. The fraction of sp³-hybridized carbons (Fsp3) is 0.294. The molecule has 0 unspecified atom stereocenters. The Kier molecular flexibility index (Phi) is 3.08. The minimum absolute atomic E-state index is 0.260. The molecule has 1 atom stereocenters. The zero-order valence-electron chi connectivity index (χ0n) is 12.0. The van der Waals surface area contributed by atoms with E-state index in [4.69, 9.17) is 14.7 Å². The highest BCUT2D eigenvalue weighted by molar-refractivity contribution is 5.51. The third-order valence-electron chi connectivity index (χ3n) is 4.20. The van der Waals surface area contributed by atoms with Crippen LogP contribution in [0.2, 0.25) is 0 Å². The molecule has 2 aliphatic heterocycles. The largest absolute Gasteiger partial charge is 0.454 e. The van der Waals surface area contributed by atoms with Crippen molar-refractivity contribution in [3.63, 3.8) is 0 Å². The van der Waals surface area contributed by atoms with Crippen molar-refractivity contribution in [3.8, 4) is 17.6 Å². The van der Waals surface area contributed by atoms with Crippen molar-refractivity contribution in [3.05, 3.63) is 47.7 Å². The Morgan fingerprint density at radius 1 is 1.18 bits per heavy atom. The van der Waals surface area contributed by atoms with E-state index in [1.807, 2.05) is 12.1 Å². The second-order valence-electron chi connectivity index (χ2n) is 5.48. The lowest BCUT2D eigenvalue weighted by molar-refractivity contribution is 0.174. The number of rotatable bonds is 2. The molecule has 5 heteroatoms. The lowest BCUT2D eigenvalue weighted by atomic mass is 10.0. The van der Waals surface area contributed by atoms with Crippen LogP contribution in [0.3, 0.4) is 0 Å². The van der Waals surface area contributed by atoms with Gasteiger partial charge in [0, 0.05) is 12.7 Å². The van der Waals surface area contributed by atoms with Gasteiger partial charge in [-0.15, -0.1) is 0 Å². The van der Waals surface area contributed by atoms with Crippen LogP contribution in [0.5, 0.6) is 11.5 Å². The van der Waals surface area contributed by atoms with Gasteiger partial charge in [0.25, 0.3) is 0 Å². The van der Waals surface area contributed by atoms with E-state index < -0.39 is 0 Å². The number of hydrogen-bond donors (Lipinski definition) is 0. The third-order valence-corrected chi connectivity index (χ3v) is 4.20. The van der Waals surface area contributed by atoms with Crippen molar-refractivity contribution in [1.82, 2.24) is 4.98 Å². The molecule has 1 aromatic heterocycles. The highest BCUT2D eigenvalue weighted by Crippen LogP contribution is 2.40. The SMILES string of the molecule is N#Cc1ccnc(N2CCC[C@H]2c2ccc3c(c2)OCO3)c1. The molecule has 0 spiro atoms. The van der Waals surface area contributed by atoms with Crippen LogP contribution >= 0.6 is 0 Å². The van der Waals surface area contributed by atoms with Crippen LogP contribution in [-0.2, 0) is 0 Å². The van der Waals surface area contributed by atoms with Crippen LogP contribution in [0.25, 0.3) is 0 Å². The van der Waals surface area contributed by atoms with Crippen LogP contribution in [-0.4, -0.2) is 18.3 Å². The molecule has 3 heterocycles. The minimum atomic E-state index is 0.260. The van der Waals surface area contributed by atoms with Crippen molar-refractivity contribution in [1.29, 1.82) is 5.26 Å². The summed E-state index contributed by atoms with van der Waals surface area (Å²) in [7, 11) is 0. The van der Waals surface area contributed by atoms with Gasteiger partial charge in [-0.3, -0.25) is 0 Å². The first kappa shape index (κ1) is 13.0. The van der Waals surface area contributed by atoms with Gasteiger partial charge in [-0.1, -0.05) is 6.07 Å². The molecule has 110 valence electrons. The van der Waals surface area contributed by atoms with E-state index >= 15 is 0 Å². The topological polar surface area (TPSA) is 58.4 Å². The fourth-order valence-electron chi connectivity index (χ4n) is 3.15. The molecule has 1 saturated heterocycles. The normalized spacial score (nSPS) is 19.2. The second kappa shape index (κ2) is 5.23. The third kappa shape index (κ3) is 2.13. The van der Waals surface area contributed by atoms with Gasteiger partial charge in [-0.05, 0) is 42.7 Å². The number of anilines is 1. The first-order chi connectivity index (χ1) is 10.8. The maximum Gasteiger partial charge on any atom is 0.231 e. The number of ether oxygens (including phenoxy) is 2. The van der Waals surface area contributed by atoms with Crippen LogP contribution in [0.15, 0.2) is 36.5 Å². The second-order valence-corrected chi connectivity index (χ2v) is 5.48. The maximum atomic E-state index is 9.07. The highest BCUT2D eigenvalue weighted by Gasteiger charge is 2.28. The van der Waals surface area contributed by atoms with Crippen LogP contribution in [0, 0.1) is 11.3 Å². The fourth-order valence-corrected chi connectivity index (χ4v) is 3.15. The molecular formula is C17H15N3O2. The molecule has 22 heavy (non-hydrogen) atoms. The first-order valence-corrected chi connectivity index (χ1v) is 7.37. The van der Waals surface area contributed by atoms with E-state index in [0.29, 0.717) is 12.4 Å². The molecule has 0 radical (unpaired) electrons. The van der Waals surface area contributed by atoms with E-state index in [1.165, 1.54) is 5.56 Å². The maximum absolute atomic E-state index is 9.07. The van der Waals surface area contributed by atoms with E-state index in [1.54, 1.807) is 12.3 Å². The summed E-state index contributed by atoms with van der Waals surface area (Å²) in [6.07, 6.45) is 3.87. The molecule has 2 aliphatic rings. The molecular weight excluding hydrogens is 278 g/mol. The van der Waals surface area contributed by atoms with E-state index in [2.05, 4.69) is 28.1 Å². The molecule has 0 aliphatic carbocycles. The summed E-state index contributed by atoms with van der Waals surface area (Å²) in [6, 6.07) is 12.1. The van der Waals surface area contributed by atoms with Crippen molar-refractivity contribution >= 4 is 5.82 Å². The number of benzene rings is 1. The molecule has 0 amide bonds. The minimum Gasteiger partial charge on any atom is -0.454 e. The molecule has 0 bridgehead atoms. The Hall–Kier alpha value is -2.74. The lowest BCUT2D eigenvalue weighted by Crippen LogP contribution is -2.23. The van der Waals surface area contributed by atoms with Crippen molar-refractivity contribution < 1.29 is 9.47 Å². The Morgan fingerprint density at radius 2 is 2.09 bits per heavy atom. The molecule has 2 aromatic rings. The number of hydrogen-bond acceptors (Lipinski definition) is 5. The van der Waals surface area contributed by atoms with Crippen molar-refractivity contribution in [2.45, 2.75) is 18.9 Å². The number of fused-ring (bicyclic) bond motifs is 1. The number of nitriles is 1. The number of aromatic nitrogens is 1. The standard InChI is InChI=1S/C17H15N3O2/c18-10-12-5-6-19-17(8-12)20-7-1-2-14(20)13-3-4-15-16(9-13)22-11-21-15/h3-6,8-9,14H,1-2,7,11H2/t14-/m0/s1. The lowest BCUT2D eigenvalue weighted by Gasteiger charge is -2.26. The molecule has 0 N–H and O–H groups in total. The Bertz CT molecular complexity index is 754. The van der Waals surface area contributed by atoms with Gasteiger partial charge in [0.2, 0.25) is 6.79 Å². The summed E-state index contributed by atoms with van der Waals surface area (Å²) in [4.78, 5) is 6.70. The van der Waals surface area contributed by atoms with Gasteiger partial charge in [-0.2, -0.15) is 5.26 Å². The summed E-state index contributed by atoms with van der Waals surface area (Å²) in [5.74, 6) is 2.47. The monoisotopic (exact) mass is 293 g/mol. The average Bonchev–Trinajstić information content (AvgIpc) is 3.23. The first-order valence-electron chi connectivity index (χ1n) is 7.37. The van der Waals surface area contributed by atoms with Gasteiger partial charge in [-0.25, -0.2) is 4.98 Å². The Balaban J connectivity index is 1.67. The van der Waals surface area contributed by atoms with Crippen LogP contribution < -0.4 is 14.4 Å². The van der Waals surface area contributed by atoms with Gasteiger partial charge < -0.3 is 14.4 Å². The predicted octanol–water partition coefficient (Wildman–Crippen LogP) is 3.02. The van der Waals surface area contributed by atoms with Gasteiger partial charge >= 0.3 is 0 Å². The molecule has 0 saturated carbocycles. The summed E-state index contributed by atoms with van der Waals surface area (Å²) in [5, 5.41) is 9.07. The Morgan fingerprint density at radius 3 is 3.00 bits per heavy atom. The zero-order valence-corrected chi connectivity index (χ0v) is 12.0. The van der Waals surface area contributed by atoms with Gasteiger partial charge in [0.05, 0.1) is 17.7 Å². The summed E-state index contributed by atoms with van der Waals surface area (Å²) >= 11 is 0. The van der Waals surface area contributed by atoms with E-state index in [-0.39, 0.29) is 6.04 Å². The van der Waals surface area contributed by atoms with E-state index in [0.717, 1.165) is 36.7 Å². The number of nitrogens with zero attached hydrogens (tertiary/aromatic N) is 3. The summed E-state index contributed by atoms with van der Waals surface area (Å²) < 4.78 is 10.9. The van der Waals surface area contributed by atoms with Crippen molar-refractivity contribution in [2.24, 2.45) is 0 Å². The molecule has 4 rings (SSSR count). The van der Waals surface area contributed by atoms with E-state index in [9.17, 15) is 0 Å². The van der Waals surface area contributed by atoms with Gasteiger partial charge in [0.1, 0.15) is 5.82 Å². The molecule has 1 aromatic carbocycles. The van der Waals surface area contributed by atoms with Crippen LogP contribution in [0.1, 0.15) is 30.0 Å². The summed E-state index contributed by atoms with van der Waals surface area (Å²) in [6.45, 7) is 1.24. The smallest absolute Gasteiger partial charge is 0.231 e. The molecule has 1 fully saturated rings.